The maximum absolute atomic E-state index is 12.5. The van der Waals surface area contributed by atoms with E-state index in [-0.39, 0.29) is 17.8 Å². The lowest BCUT2D eigenvalue weighted by atomic mass is 9.74. The molecule has 178 valence electrons. The van der Waals surface area contributed by atoms with Gasteiger partial charge in [-0.3, -0.25) is 9.59 Å². The number of ether oxygens (including phenoxy) is 1. The number of rotatable bonds is 9. The molecule has 3 atom stereocenters. The van der Waals surface area contributed by atoms with E-state index in [2.05, 4.69) is 30.3 Å². The number of carbonyl (C=O) groups is 3. The lowest BCUT2D eigenvalue weighted by molar-refractivity contribution is -0.144. The van der Waals surface area contributed by atoms with E-state index in [1.165, 1.54) is 18.4 Å². The maximum Gasteiger partial charge on any atom is 0.326 e. The molecule has 0 saturated carbocycles. The van der Waals surface area contributed by atoms with Crippen molar-refractivity contribution < 1.29 is 24.2 Å². The predicted molar refractivity (Wildman–Crippen MR) is 124 cm³/mol. The third-order valence-electron chi connectivity index (χ3n) is 6.52. The molecule has 1 fully saturated rings. The molecule has 0 spiro atoms. The van der Waals surface area contributed by atoms with E-state index < -0.39 is 29.8 Å². The second-order valence-corrected chi connectivity index (χ2v) is 9.50. The summed E-state index contributed by atoms with van der Waals surface area (Å²) in [6.07, 6.45) is 4.34. The van der Waals surface area contributed by atoms with Crippen molar-refractivity contribution in [3.63, 3.8) is 0 Å². The van der Waals surface area contributed by atoms with Crippen LogP contribution in [0.25, 0.3) is 0 Å². The zero-order valence-corrected chi connectivity index (χ0v) is 20.0. The fraction of sp³-hybridized carbons (Fsp3) is 0.640. The molecule has 1 aliphatic rings. The van der Waals surface area contributed by atoms with Crippen molar-refractivity contribution in [2.75, 3.05) is 20.1 Å². The number of carboxylic acid groups (broad SMARTS) is 1. The Balaban J connectivity index is 2.04. The highest BCUT2D eigenvalue weighted by molar-refractivity contribution is 5.87. The van der Waals surface area contributed by atoms with Gasteiger partial charge in [0, 0.05) is 17.9 Å². The van der Waals surface area contributed by atoms with Gasteiger partial charge in [0.25, 0.3) is 0 Å². The standard InChI is InChI=1S/C25H38N2O5/c1-6-25(12-7-8-13-27(5)16-25)19-10-9-11-20(15-19)32-21(28)14-18(4)23(29)26-22(17(2)3)24(30)31/h9-11,15,17-18,22H,6-8,12-14,16H2,1-5H3,(H,26,29)(H,30,31)/t18-,22+,25?/m1/s1. The van der Waals surface area contributed by atoms with E-state index >= 15 is 0 Å². The van der Waals surface area contributed by atoms with Gasteiger partial charge in [0.05, 0.1) is 6.42 Å². The maximum atomic E-state index is 12.5. The molecule has 1 aliphatic heterocycles. The van der Waals surface area contributed by atoms with E-state index in [9.17, 15) is 19.5 Å². The number of carbonyl (C=O) groups excluding carboxylic acids is 2. The molecular formula is C25H38N2O5. The van der Waals surface area contributed by atoms with Crippen molar-refractivity contribution in [3.8, 4) is 5.75 Å². The number of nitrogens with one attached hydrogen (secondary N) is 1. The zero-order valence-electron chi connectivity index (χ0n) is 20.0. The Hall–Kier alpha value is -2.41. The van der Waals surface area contributed by atoms with Crippen LogP contribution in [0.1, 0.15) is 65.4 Å². The SMILES string of the molecule is CCC1(c2cccc(OC(=O)C[C@@H](C)C(=O)N[C@H](C(=O)O)C(C)C)c2)CCCCN(C)C1. The number of likely N-dealkylation sites (tertiary alicyclic amines) is 1. The van der Waals surface area contributed by atoms with E-state index in [0.717, 1.165) is 25.9 Å². The number of aliphatic carboxylic acids is 1. The van der Waals surface area contributed by atoms with Gasteiger partial charge >= 0.3 is 11.9 Å². The van der Waals surface area contributed by atoms with E-state index in [0.29, 0.717) is 5.75 Å². The van der Waals surface area contributed by atoms with E-state index in [4.69, 9.17) is 4.74 Å². The van der Waals surface area contributed by atoms with Gasteiger partial charge in [-0.15, -0.1) is 0 Å². The van der Waals surface area contributed by atoms with Gasteiger partial charge in [-0.05, 0) is 56.5 Å². The second kappa shape index (κ2) is 11.5. The molecule has 1 amide bonds. The van der Waals surface area contributed by atoms with Gasteiger partial charge in [-0.2, -0.15) is 0 Å². The number of hydrogen-bond acceptors (Lipinski definition) is 5. The normalized spacial score (nSPS) is 21.4. The molecule has 0 aliphatic carbocycles. The van der Waals surface area contributed by atoms with Crippen LogP contribution in [0, 0.1) is 11.8 Å². The van der Waals surface area contributed by atoms with E-state index in [1.807, 2.05) is 12.1 Å². The summed E-state index contributed by atoms with van der Waals surface area (Å²) in [4.78, 5) is 38.5. The highest BCUT2D eigenvalue weighted by Crippen LogP contribution is 2.37. The number of benzene rings is 1. The fourth-order valence-corrected chi connectivity index (χ4v) is 4.46. The monoisotopic (exact) mass is 446 g/mol. The topological polar surface area (TPSA) is 95.9 Å². The average Bonchev–Trinajstić information content (AvgIpc) is 2.93. The first-order valence-electron chi connectivity index (χ1n) is 11.6. The average molecular weight is 447 g/mol. The van der Waals surface area contributed by atoms with Crippen molar-refractivity contribution >= 4 is 17.8 Å². The Morgan fingerprint density at radius 3 is 2.56 bits per heavy atom. The molecule has 0 bridgehead atoms. The summed E-state index contributed by atoms with van der Waals surface area (Å²) in [5, 5.41) is 11.8. The third-order valence-corrected chi connectivity index (χ3v) is 6.52. The largest absolute Gasteiger partial charge is 0.480 e. The number of likely N-dealkylation sites (N-methyl/N-ethyl adjacent to an activating group) is 1. The summed E-state index contributed by atoms with van der Waals surface area (Å²) in [6.45, 7) is 9.31. The molecule has 2 rings (SSSR count). The molecule has 0 radical (unpaired) electrons. The molecule has 1 unspecified atom stereocenters. The van der Waals surface area contributed by atoms with Crippen LogP contribution in [-0.2, 0) is 19.8 Å². The molecule has 32 heavy (non-hydrogen) atoms. The van der Waals surface area contributed by atoms with Crippen molar-refractivity contribution in [1.82, 2.24) is 10.2 Å². The number of nitrogens with zero attached hydrogens (tertiary/aromatic N) is 1. The smallest absolute Gasteiger partial charge is 0.326 e. The molecular weight excluding hydrogens is 408 g/mol. The summed E-state index contributed by atoms with van der Waals surface area (Å²) in [7, 11) is 2.15. The molecule has 1 heterocycles. The van der Waals surface area contributed by atoms with Crippen LogP contribution in [0.5, 0.6) is 5.75 Å². The lowest BCUT2D eigenvalue weighted by Gasteiger charge is -2.35. The Morgan fingerprint density at radius 2 is 1.94 bits per heavy atom. The van der Waals surface area contributed by atoms with Gasteiger partial charge in [-0.25, -0.2) is 4.79 Å². The lowest BCUT2D eigenvalue weighted by Crippen LogP contribution is -2.46. The van der Waals surface area contributed by atoms with Crippen LogP contribution < -0.4 is 10.1 Å². The summed E-state index contributed by atoms with van der Waals surface area (Å²) in [5.41, 5.74) is 1.20. The first kappa shape index (κ1) is 25.8. The molecule has 7 nitrogen and oxygen atoms in total. The van der Waals surface area contributed by atoms with Crippen LogP contribution in [0.2, 0.25) is 0 Å². The van der Waals surface area contributed by atoms with Crippen LogP contribution >= 0.6 is 0 Å². The minimum atomic E-state index is -1.09. The number of carboxylic acids is 1. The van der Waals surface area contributed by atoms with Crippen LogP contribution in [-0.4, -0.2) is 54.0 Å². The Bertz CT molecular complexity index is 809. The Kier molecular flexibility index (Phi) is 9.25. The highest BCUT2D eigenvalue weighted by atomic mass is 16.5. The highest BCUT2D eigenvalue weighted by Gasteiger charge is 2.33. The zero-order chi connectivity index (χ0) is 23.9. The van der Waals surface area contributed by atoms with E-state index in [1.54, 1.807) is 26.8 Å². The van der Waals surface area contributed by atoms with Crippen molar-refractivity contribution in [1.29, 1.82) is 0 Å². The van der Waals surface area contributed by atoms with Crippen molar-refractivity contribution in [2.45, 2.75) is 71.3 Å². The molecule has 7 heteroatoms. The minimum absolute atomic E-state index is 0.0313. The van der Waals surface area contributed by atoms with Crippen LogP contribution in [0.3, 0.4) is 0 Å². The fourth-order valence-electron chi connectivity index (χ4n) is 4.46. The molecule has 2 N–H and O–H groups in total. The first-order chi connectivity index (χ1) is 15.1. The summed E-state index contributed by atoms with van der Waals surface area (Å²) < 4.78 is 5.57. The van der Waals surface area contributed by atoms with Gasteiger partial charge in [0.15, 0.2) is 0 Å². The number of hydrogen-bond donors (Lipinski definition) is 2. The number of esters is 1. The minimum Gasteiger partial charge on any atom is -0.480 e. The first-order valence-corrected chi connectivity index (χ1v) is 11.6. The Morgan fingerprint density at radius 1 is 1.22 bits per heavy atom. The van der Waals surface area contributed by atoms with Crippen molar-refractivity contribution in [2.24, 2.45) is 11.8 Å². The molecule has 1 saturated heterocycles. The summed E-state index contributed by atoms with van der Waals surface area (Å²) >= 11 is 0. The van der Waals surface area contributed by atoms with Gasteiger partial charge in [-0.1, -0.05) is 46.2 Å². The second-order valence-electron chi connectivity index (χ2n) is 9.50. The van der Waals surface area contributed by atoms with Gasteiger partial charge < -0.3 is 20.1 Å². The van der Waals surface area contributed by atoms with Gasteiger partial charge in [0.2, 0.25) is 5.91 Å². The van der Waals surface area contributed by atoms with Crippen molar-refractivity contribution in [3.05, 3.63) is 29.8 Å². The molecule has 1 aromatic rings. The van der Waals surface area contributed by atoms with Crippen LogP contribution in [0.4, 0.5) is 0 Å². The summed E-state index contributed by atoms with van der Waals surface area (Å²) in [5.74, 6) is -2.54. The quantitative estimate of drug-likeness (QED) is 0.444. The molecule has 1 aromatic carbocycles. The third kappa shape index (κ3) is 6.79. The summed E-state index contributed by atoms with van der Waals surface area (Å²) in [6, 6.07) is 6.74. The number of amides is 1. The Labute approximate surface area is 191 Å². The van der Waals surface area contributed by atoms with Gasteiger partial charge in [0.1, 0.15) is 11.8 Å². The molecule has 0 aromatic heterocycles. The van der Waals surface area contributed by atoms with Crippen LogP contribution in [0.15, 0.2) is 24.3 Å². The predicted octanol–water partition coefficient (Wildman–Crippen LogP) is 3.61.